The van der Waals surface area contributed by atoms with E-state index >= 15 is 0 Å². The van der Waals surface area contributed by atoms with Crippen LogP contribution in [0.2, 0.25) is 5.15 Å². The molecular formula is C7H5ClN2OS. The lowest BCUT2D eigenvalue weighted by Crippen LogP contribution is -2.16. The number of hydrogen-bond acceptors (Lipinski definition) is 4. The molecule has 0 bridgehead atoms. The first-order valence-electron chi connectivity index (χ1n) is 3.37. The van der Waals surface area contributed by atoms with Crippen LogP contribution >= 0.6 is 23.4 Å². The number of aromatic nitrogens is 1. The molecular weight excluding hydrogens is 196 g/mol. The molecule has 1 aliphatic rings. The Hall–Kier alpha value is -0.740. The molecule has 1 N–H and O–H groups in total. The molecule has 2 rings (SSSR count). The van der Waals surface area contributed by atoms with Gasteiger partial charge in [0.2, 0.25) is 5.12 Å². The van der Waals surface area contributed by atoms with E-state index in [1.807, 2.05) is 6.07 Å². The van der Waals surface area contributed by atoms with Crippen LogP contribution in [0.5, 0.6) is 0 Å². The van der Waals surface area contributed by atoms with Crippen molar-refractivity contribution in [3.8, 4) is 0 Å². The van der Waals surface area contributed by atoms with Crippen LogP contribution in [-0.2, 0) is 4.79 Å². The third kappa shape index (κ3) is 1.40. The van der Waals surface area contributed by atoms with Crippen molar-refractivity contribution in [1.29, 1.82) is 0 Å². The molecule has 0 aromatic carbocycles. The first kappa shape index (κ1) is 7.89. The SMILES string of the molecule is O=C1CNc2ccc(Cl)nc2S1. The van der Waals surface area contributed by atoms with Crippen LogP contribution in [0.25, 0.3) is 0 Å². The van der Waals surface area contributed by atoms with Crippen molar-refractivity contribution in [2.75, 3.05) is 11.9 Å². The summed E-state index contributed by atoms with van der Waals surface area (Å²) in [6.07, 6.45) is 0. The molecule has 0 aliphatic carbocycles. The Bertz CT molecular complexity index is 342. The fraction of sp³-hybridized carbons (Fsp3) is 0.143. The molecule has 12 heavy (non-hydrogen) atoms. The van der Waals surface area contributed by atoms with Crippen molar-refractivity contribution in [1.82, 2.24) is 4.98 Å². The minimum Gasteiger partial charge on any atom is -0.375 e. The maximum absolute atomic E-state index is 11.0. The normalized spacial score (nSPS) is 15.2. The molecule has 0 spiro atoms. The molecule has 1 aliphatic heterocycles. The van der Waals surface area contributed by atoms with Gasteiger partial charge in [-0.3, -0.25) is 4.79 Å². The second-order valence-corrected chi connectivity index (χ2v) is 3.75. The van der Waals surface area contributed by atoms with E-state index in [0.29, 0.717) is 16.7 Å². The van der Waals surface area contributed by atoms with Crippen LogP contribution < -0.4 is 5.32 Å². The summed E-state index contributed by atoms with van der Waals surface area (Å²) in [7, 11) is 0. The number of carbonyl (C=O) groups excluding carboxylic acids is 1. The zero-order chi connectivity index (χ0) is 8.55. The predicted molar refractivity (Wildman–Crippen MR) is 48.6 cm³/mol. The average Bonchev–Trinajstić information content (AvgIpc) is 2.03. The van der Waals surface area contributed by atoms with Crippen LogP contribution in [0.1, 0.15) is 0 Å². The van der Waals surface area contributed by atoms with Gasteiger partial charge in [0.1, 0.15) is 10.2 Å². The van der Waals surface area contributed by atoms with Gasteiger partial charge in [0.05, 0.1) is 12.2 Å². The van der Waals surface area contributed by atoms with Gasteiger partial charge in [-0.25, -0.2) is 4.98 Å². The number of nitrogens with zero attached hydrogens (tertiary/aromatic N) is 1. The van der Waals surface area contributed by atoms with E-state index in [9.17, 15) is 4.79 Å². The van der Waals surface area contributed by atoms with E-state index < -0.39 is 0 Å². The number of carbonyl (C=O) groups is 1. The summed E-state index contributed by atoms with van der Waals surface area (Å²) in [6.45, 7) is 0.362. The molecule has 0 fully saturated rings. The Balaban J connectivity index is 2.44. The van der Waals surface area contributed by atoms with Gasteiger partial charge in [-0.15, -0.1) is 0 Å². The Morgan fingerprint density at radius 3 is 3.25 bits per heavy atom. The molecule has 0 saturated carbocycles. The van der Waals surface area contributed by atoms with Gasteiger partial charge in [-0.1, -0.05) is 11.6 Å². The van der Waals surface area contributed by atoms with Crippen LogP contribution in [0.4, 0.5) is 5.69 Å². The molecule has 0 unspecified atom stereocenters. The van der Waals surface area contributed by atoms with E-state index in [0.717, 1.165) is 17.4 Å². The van der Waals surface area contributed by atoms with Gasteiger partial charge in [0, 0.05) is 0 Å². The molecule has 0 saturated heterocycles. The highest BCUT2D eigenvalue weighted by atomic mass is 35.5. The fourth-order valence-corrected chi connectivity index (χ4v) is 1.89. The van der Waals surface area contributed by atoms with Gasteiger partial charge in [0.15, 0.2) is 0 Å². The summed E-state index contributed by atoms with van der Waals surface area (Å²) in [5.74, 6) is 0. The fourth-order valence-electron chi connectivity index (χ4n) is 0.942. The van der Waals surface area contributed by atoms with Gasteiger partial charge in [0.25, 0.3) is 0 Å². The molecule has 0 atom stereocenters. The molecule has 0 amide bonds. The van der Waals surface area contributed by atoms with Crippen LogP contribution in [0.3, 0.4) is 0 Å². The summed E-state index contributed by atoms with van der Waals surface area (Å²) >= 11 is 6.79. The second kappa shape index (κ2) is 2.95. The van der Waals surface area contributed by atoms with E-state index in [4.69, 9.17) is 11.6 Å². The third-order valence-electron chi connectivity index (χ3n) is 1.46. The van der Waals surface area contributed by atoms with Crippen molar-refractivity contribution in [2.24, 2.45) is 0 Å². The highest BCUT2D eigenvalue weighted by Gasteiger charge is 2.16. The third-order valence-corrected chi connectivity index (χ3v) is 2.55. The minimum absolute atomic E-state index is 0.0669. The van der Waals surface area contributed by atoms with Crippen molar-refractivity contribution in [3.63, 3.8) is 0 Å². The maximum atomic E-state index is 11.0. The Kier molecular flexibility index (Phi) is 1.94. The quantitative estimate of drug-likeness (QED) is 0.649. The molecule has 1 aromatic heterocycles. The molecule has 0 radical (unpaired) electrons. The standard InChI is InChI=1S/C7H5ClN2OS/c8-5-2-1-4-7(10-5)12-6(11)3-9-4/h1-2,9H,3H2. The summed E-state index contributed by atoms with van der Waals surface area (Å²) < 4.78 is 0. The zero-order valence-corrected chi connectivity index (χ0v) is 7.58. The molecule has 1 aromatic rings. The first-order chi connectivity index (χ1) is 5.75. The molecule has 5 heteroatoms. The van der Waals surface area contributed by atoms with Crippen LogP contribution in [-0.4, -0.2) is 16.6 Å². The minimum atomic E-state index is 0.0669. The van der Waals surface area contributed by atoms with Gasteiger partial charge < -0.3 is 5.32 Å². The van der Waals surface area contributed by atoms with E-state index in [-0.39, 0.29) is 5.12 Å². The van der Waals surface area contributed by atoms with Crippen molar-refractivity contribution >= 4 is 34.2 Å². The number of halogens is 1. The molecule has 62 valence electrons. The Morgan fingerprint density at radius 2 is 2.42 bits per heavy atom. The molecule has 2 heterocycles. The largest absolute Gasteiger partial charge is 0.375 e. The van der Waals surface area contributed by atoms with Crippen molar-refractivity contribution < 1.29 is 4.79 Å². The summed E-state index contributed by atoms with van der Waals surface area (Å²) in [5.41, 5.74) is 0.879. The lowest BCUT2D eigenvalue weighted by atomic mass is 10.4. The van der Waals surface area contributed by atoms with E-state index in [1.54, 1.807) is 6.07 Å². The predicted octanol–water partition coefficient (Wildman–Crippen LogP) is 1.78. The average molecular weight is 201 g/mol. The smallest absolute Gasteiger partial charge is 0.214 e. The number of rotatable bonds is 0. The number of hydrogen-bond donors (Lipinski definition) is 1. The van der Waals surface area contributed by atoms with Gasteiger partial charge in [-0.2, -0.15) is 0 Å². The first-order valence-corrected chi connectivity index (χ1v) is 4.56. The number of pyridine rings is 1. The Labute approximate surface area is 78.5 Å². The van der Waals surface area contributed by atoms with Crippen molar-refractivity contribution in [3.05, 3.63) is 17.3 Å². The highest BCUT2D eigenvalue weighted by molar-refractivity contribution is 8.13. The Morgan fingerprint density at radius 1 is 1.58 bits per heavy atom. The van der Waals surface area contributed by atoms with Gasteiger partial charge in [-0.05, 0) is 23.9 Å². The van der Waals surface area contributed by atoms with Crippen LogP contribution in [0.15, 0.2) is 17.2 Å². The summed E-state index contributed by atoms with van der Waals surface area (Å²) in [4.78, 5) is 15.0. The molecule has 3 nitrogen and oxygen atoms in total. The number of thioether (sulfide) groups is 1. The van der Waals surface area contributed by atoms with Crippen molar-refractivity contribution in [2.45, 2.75) is 5.03 Å². The summed E-state index contributed by atoms with van der Waals surface area (Å²) in [5, 5.41) is 4.10. The lowest BCUT2D eigenvalue weighted by molar-refractivity contribution is -0.109. The number of fused-ring (bicyclic) bond motifs is 1. The highest BCUT2D eigenvalue weighted by Crippen LogP contribution is 2.30. The lowest BCUT2D eigenvalue weighted by Gasteiger charge is -2.14. The van der Waals surface area contributed by atoms with Gasteiger partial charge >= 0.3 is 0 Å². The second-order valence-electron chi connectivity index (χ2n) is 2.31. The van der Waals surface area contributed by atoms with E-state index in [1.165, 1.54) is 0 Å². The van der Waals surface area contributed by atoms with Crippen LogP contribution in [0, 0.1) is 0 Å². The maximum Gasteiger partial charge on any atom is 0.214 e. The summed E-state index contributed by atoms with van der Waals surface area (Å²) in [6, 6.07) is 3.52. The zero-order valence-electron chi connectivity index (χ0n) is 6.00. The number of anilines is 1. The topological polar surface area (TPSA) is 42.0 Å². The monoisotopic (exact) mass is 200 g/mol. The van der Waals surface area contributed by atoms with E-state index in [2.05, 4.69) is 10.3 Å². The number of nitrogens with one attached hydrogen (secondary N) is 1.